The Labute approximate surface area is 138 Å². The molecule has 0 aliphatic carbocycles. The minimum absolute atomic E-state index is 0.0862. The van der Waals surface area contributed by atoms with Gasteiger partial charge in [0, 0.05) is 19.5 Å². The summed E-state index contributed by atoms with van der Waals surface area (Å²) >= 11 is 0. The normalized spacial score (nSPS) is 17.4. The first-order valence-electron chi connectivity index (χ1n) is 7.23. The molecule has 1 N–H and O–H groups in total. The van der Waals surface area contributed by atoms with Crippen LogP contribution < -0.4 is 0 Å². The zero-order valence-electron chi connectivity index (χ0n) is 13.5. The van der Waals surface area contributed by atoms with Crippen molar-refractivity contribution in [3.63, 3.8) is 0 Å². The highest BCUT2D eigenvalue weighted by Gasteiger charge is 2.39. The number of ether oxygens (including phenoxy) is 2. The molecule has 0 saturated carbocycles. The number of carbonyl (C=O) groups is 5. The molecule has 0 radical (unpaired) electrons. The lowest BCUT2D eigenvalue weighted by Crippen LogP contribution is -2.60. The first-order chi connectivity index (χ1) is 11.3. The van der Waals surface area contributed by atoms with Crippen molar-refractivity contribution in [1.29, 1.82) is 0 Å². The average Bonchev–Trinajstić information content (AvgIpc) is 2.55. The van der Waals surface area contributed by atoms with Crippen LogP contribution in [0.1, 0.15) is 19.3 Å². The van der Waals surface area contributed by atoms with E-state index in [1.54, 1.807) is 0 Å². The van der Waals surface area contributed by atoms with Gasteiger partial charge in [0.15, 0.2) is 0 Å². The molecule has 10 heteroatoms. The minimum Gasteiger partial charge on any atom is -0.481 e. The van der Waals surface area contributed by atoms with Crippen LogP contribution in [0.3, 0.4) is 0 Å². The number of aliphatic carboxylic acids is 1. The molecule has 0 aromatic heterocycles. The third-order valence-corrected chi connectivity index (χ3v) is 3.59. The van der Waals surface area contributed by atoms with Crippen LogP contribution in [0.2, 0.25) is 0 Å². The standard InChI is InChI=1S/C14H20N2O8/c1-23-12(20)7-9-14(22)15(8-13(21)24-2)5-6-16(9)10(17)3-4-11(18)19/h9H,3-8H2,1-2H3,(H,18,19)/t9-/m0/s1. The number of hydrogen-bond donors (Lipinski definition) is 1. The molecule has 134 valence electrons. The van der Waals surface area contributed by atoms with E-state index >= 15 is 0 Å². The fourth-order valence-corrected chi connectivity index (χ4v) is 2.31. The summed E-state index contributed by atoms with van der Waals surface area (Å²) in [6, 6.07) is -1.13. The summed E-state index contributed by atoms with van der Waals surface area (Å²) in [5.41, 5.74) is 0. The van der Waals surface area contributed by atoms with Gasteiger partial charge in [-0.3, -0.25) is 24.0 Å². The van der Waals surface area contributed by atoms with Crippen molar-refractivity contribution in [2.45, 2.75) is 25.3 Å². The van der Waals surface area contributed by atoms with Gasteiger partial charge in [-0.2, -0.15) is 0 Å². The lowest BCUT2D eigenvalue weighted by Gasteiger charge is -2.39. The maximum atomic E-state index is 12.5. The van der Waals surface area contributed by atoms with Crippen molar-refractivity contribution in [2.24, 2.45) is 0 Å². The monoisotopic (exact) mass is 344 g/mol. The number of carboxylic acid groups (broad SMARTS) is 1. The Morgan fingerprint density at radius 1 is 1.08 bits per heavy atom. The SMILES string of the molecule is COC(=O)C[C@H]1C(=O)N(CC(=O)OC)CCN1C(=O)CCC(=O)O. The average molecular weight is 344 g/mol. The van der Waals surface area contributed by atoms with Gasteiger partial charge in [0.25, 0.3) is 0 Å². The lowest BCUT2D eigenvalue weighted by molar-refractivity contribution is -0.159. The predicted octanol–water partition coefficient (Wildman–Crippen LogP) is -1.37. The Morgan fingerprint density at radius 2 is 1.71 bits per heavy atom. The van der Waals surface area contributed by atoms with Crippen molar-refractivity contribution in [3.8, 4) is 0 Å². The van der Waals surface area contributed by atoms with Crippen molar-refractivity contribution in [3.05, 3.63) is 0 Å². The first-order valence-corrected chi connectivity index (χ1v) is 7.23. The van der Waals surface area contributed by atoms with Crippen LogP contribution in [-0.4, -0.2) is 84.5 Å². The van der Waals surface area contributed by atoms with Crippen LogP contribution in [0, 0.1) is 0 Å². The number of nitrogens with zero attached hydrogens (tertiary/aromatic N) is 2. The van der Waals surface area contributed by atoms with E-state index in [1.807, 2.05) is 0 Å². The summed E-state index contributed by atoms with van der Waals surface area (Å²) in [5, 5.41) is 8.66. The fourth-order valence-electron chi connectivity index (χ4n) is 2.31. The molecule has 10 nitrogen and oxygen atoms in total. The van der Waals surface area contributed by atoms with Gasteiger partial charge in [0.1, 0.15) is 12.6 Å². The largest absolute Gasteiger partial charge is 0.481 e. The smallest absolute Gasteiger partial charge is 0.325 e. The summed E-state index contributed by atoms with van der Waals surface area (Å²) in [5.74, 6) is -3.57. The summed E-state index contributed by atoms with van der Waals surface area (Å²) < 4.78 is 9.04. The lowest BCUT2D eigenvalue weighted by atomic mass is 10.1. The third-order valence-electron chi connectivity index (χ3n) is 3.59. The quantitative estimate of drug-likeness (QED) is 0.560. The Hall–Kier alpha value is -2.65. The highest BCUT2D eigenvalue weighted by atomic mass is 16.5. The molecule has 2 amide bonds. The number of piperazine rings is 1. The molecule has 0 aromatic rings. The van der Waals surface area contributed by atoms with E-state index in [9.17, 15) is 24.0 Å². The minimum atomic E-state index is -1.14. The molecule has 24 heavy (non-hydrogen) atoms. The topological polar surface area (TPSA) is 131 Å². The second-order valence-corrected chi connectivity index (χ2v) is 5.11. The second kappa shape index (κ2) is 8.85. The number of hydrogen-bond acceptors (Lipinski definition) is 7. The van der Waals surface area contributed by atoms with Crippen LogP contribution in [-0.2, 0) is 33.4 Å². The number of esters is 2. The van der Waals surface area contributed by atoms with E-state index < -0.39 is 35.8 Å². The molecule has 1 saturated heterocycles. The Bertz CT molecular complexity index is 533. The number of carboxylic acids is 1. The molecule has 1 heterocycles. The van der Waals surface area contributed by atoms with E-state index in [2.05, 4.69) is 9.47 Å². The molecule has 0 spiro atoms. The van der Waals surface area contributed by atoms with Crippen LogP contribution in [0.25, 0.3) is 0 Å². The molecule has 1 atom stereocenters. The highest BCUT2D eigenvalue weighted by molar-refractivity contribution is 5.94. The van der Waals surface area contributed by atoms with Crippen LogP contribution >= 0.6 is 0 Å². The van der Waals surface area contributed by atoms with Gasteiger partial charge in [-0.05, 0) is 0 Å². The van der Waals surface area contributed by atoms with E-state index in [4.69, 9.17) is 5.11 Å². The van der Waals surface area contributed by atoms with Crippen LogP contribution in [0.4, 0.5) is 0 Å². The Morgan fingerprint density at radius 3 is 2.25 bits per heavy atom. The van der Waals surface area contributed by atoms with E-state index in [1.165, 1.54) is 12.0 Å². The number of rotatable bonds is 7. The van der Waals surface area contributed by atoms with E-state index in [0.717, 1.165) is 12.0 Å². The second-order valence-electron chi connectivity index (χ2n) is 5.11. The van der Waals surface area contributed by atoms with Gasteiger partial charge in [-0.25, -0.2) is 0 Å². The molecule has 1 rings (SSSR count). The fraction of sp³-hybridized carbons (Fsp3) is 0.643. The molecule has 0 bridgehead atoms. The van der Waals surface area contributed by atoms with Gasteiger partial charge in [-0.15, -0.1) is 0 Å². The number of carbonyl (C=O) groups excluding carboxylic acids is 4. The van der Waals surface area contributed by atoms with Gasteiger partial charge in [0.2, 0.25) is 11.8 Å². The molecule has 1 aliphatic rings. The Balaban J connectivity index is 2.89. The van der Waals surface area contributed by atoms with E-state index in [-0.39, 0.29) is 38.9 Å². The van der Waals surface area contributed by atoms with Crippen molar-refractivity contribution < 1.29 is 38.6 Å². The molecule has 0 aromatic carbocycles. The highest BCUT2D eigenvalue weighted by Crippen LogP contribution is 2.17. The summed E-state index contributed by atoms with van der Waals surface area (Å²) in [6.07, 6.45) is -1.02. The van der Waals surface area contributed by atoms with Crippen molar-refractivity contribution in [2.75, 3.05) is 33.9 Å². The molecule has 1 aliphatic heterocycles. The van der Waals surface area contributed by atoms with Gasteiger partial charge in [-0.1, -0.05) is 0 Å². The van der Waals surface area contributed by atoms with E-state index in [0.29, 0.717) is 0 Å². The summed E-state index contributed by atoms with van der Waals surface area (Å²) in [4.78, 5) is 60.5. The maximum absolute atomic E-state index is 12.5. The number of methoxy groups -OCH3 is 2. The zero-order valence-corrected chi connectivity index (χ0v) is 13.5. The van der Waals surface area contributed by atoms with Crippen LogP contribution in [0.15, 0.2) is 0 Å². The summed E-state index contributed by atoms with van der Waals surface area (Å²) in [6.45, 7) is -0.114. The molecule has 1 fully saturated rings. The third kappa shape index (κ3) is 5.21. The number of amides is 2. The summed E-state index contributed by atoms with van der Waals surface area (Å²) in [7, 11) is 2.34. The van der Waals surface area contributed by atoms with Crippen LogP contribution in [0.5, 0.6) is 0 Å². The van der Waals surface area contributed by atoms with Gasteiger partial charge >= 0.3 is 17.9 Å². The van der Waals surface area contributed by atoms with Gasteiger partial charge in [0.05, 0.1) is 27.1 Å². The van der Waals surface area contributed by atoms with Gasteiger partial charge < -0.3 is 24.4 Å². The maximum Gasteiger partial charge on any atom is 0.325 e. The zero-order chi connectivity index (χ0) is 18.3. The molecular weight excluding hydrogens is 324 g/mol. The molecule has 0 unspecified atom stereocenters. The Kier molecular flexibility index (Phi) is 7.15. The van der Waals surface area contributed by atoms with Crippen molar-refractivity contribution in [1.82, 2.24) is 9.80 Å². The predicted molar refractivity (Wildman–Crippen MR) is 77.6 cm³/mol. The van der Waals surface area contributed by atoms with Crippen molar-refractivity contribution >= 4 is 29.7 Å². The molecular formula is C14H20N2O8. The first kappa shape index (κ1) is 19.4.